The third-order valence-electron chi connectivity index (χ3n) is 3.58. The van der Waals surface area contributed by atoms with Crippen molar-refractivity contribution in [3.05, 3.63) is 52.0 Å². The molecule has 26 heavy (non-hydrogen) atoms. The van der Waals surface area contributed by atoms with Crippen LogP contribution in [0.2, 0.25) is 0 Å². The number of guanidine groups is 1. The number of hydrogen-bond donors (Lipinski definition) is 3. The lowest BCUT2D eigenvalue weighted by atomic mass is 10.1. The maximum absolute atomic E-state index is 11.9. The topological polar surface area (TPSA) is 78.4 Å². The summed E-state index contributed by atoms with van der Waals surface area (Å²) in [7, 11) is 1.68. The first kappa shape index (κ1) is 22.4. The van der Waals surface area contributed by atoms with E-state index < -0.39 is 0 Å². The van der Waals surface area contributed by atoms with Gasteiger partial charge in [-0.3, -0.25) is 9.79 Å². The predicted molar refractivity (Wildman–Crippen MR) is 118 cm³/mol. The summed E-state index contributed by atoms with van der Waals surface area (Å²) in [6.45, 7) is 3.52. The van der Waals surface area contributed by atoms with Crippen molar-refractivity contribution in [1.29, 1.82) is 0 Å². The highest BCUT2D eigenvalue weighted by Gasteiger charge is 2.05. The van der Waals surface area contributed by atoms with E-state index in [1.165, 1.54) is 10.4 Å². The minimum atomic E-state index is -0.0543. The van der Waals surface area contributed by atoms with Crippen LogP contribution in [0.1, 0.15) is 22.4 Å². The van der Waals surface area contributed by atoms with Crippen molar-refractivity contribution < 1.29 is 4.79 Å². The summed E-state index contributed by atoms with van der Waals surface area (Å²) in [6.07, 6.45) is 3.72. The predicted octanol–water partition coefficient (Wildman–Crippen LogP) is 2.35. The van der Waals surface area contributed by atoms with Crippen LogP contribution in [-0.2, 0) is 24.2 Å². The molecular weight excluding hydrogens is 461 g/mol. The molecule has 142 valence electrons. The summed E-state index contributed by atoms with van der Waals surface area (Å²) in [5.74, 6) is 0.535. The Morgan fingerprint density at radius 1 is 1.19 bits per heavy atom. The van der Waals surface area contributed by atoms with E-state index in [2.05, 4.69) is 45.0 Å². The Morgan fingerprint density at radius 3 is 2.62 bits per heavy atom. The molecule has 6 nitrogen and oxygen atoms in total. The molecule has 0 aliphatic heterocycles. The minimum absolute atomic E-state index is 0. The number of nitrogens with zero attached hydrogens (tertiary/aromatic N) is 2. The Bertz CT molecular complexity index is 690. The van der Waals surface area contributed by atoms with Gasteiger partial charge in [0.25, 0.3) is 0 Å². The highest BCUT2D eigenvalue weighted by Crippen LogP contribution is 2.12. The average molecular weight is 487 g/mol. The van der Waals surface area contributed by atoms with Crippen LogP contribution in [-0.4, -0.2) is 37.0 Å². The summed E-state index contributed by atoms with van der Waals surface area (Å²) in [5, 5.41) is 10.1. The van der Waals surface area contributed by atoms with Crippen LogP contribution in [0.4, 0.5) is 0 Å². The number of aliphatic imine (C=N–C) groups is 1. The minimum Gasteiger partial charge on any atom is -0.354 e. The Labute approximate surface area is 175 Å². The number of carbonyl (C=O) groups is 1. The highest BCUT2D eigenvalue weighted by molar-refractivity contribution is 14.0. The molecule has 0 saturated heterocycles. The first-order chi connectivity index (χ1) is 12.2. The van der Waals surface area contributed by atoms with Crippen molar-refractivity contribution in [2.45, 2.75) is 26.3 Å². The van der Waals surface area contributed by atoms with Gasteiger partial charge in [0.2, 0.25) is 5.91 Å². The first-order valence-corrected chi connectivity index (χ1v) is 9.21. The van der Waals surface area contributed by atoms with E-state index in [-0.39, 0.29) is 36.4 Å². The molecule has 3 N–H and O–H groups in total. The fourth-order valence-corrected chi connectivity index (χ4v) is 2.99. The number of amides is 1. The molecule has 0 spiro atoms. The molecule has 2 rings (SSSR count). The number of aromatic nitrogens is 1. The molecule has 2 aromatic rings. The second-order valence-electron chi connectivity index (χ2n) is 5.44. The van der Waals surface area contributed by atoms with Gasteiger partial charge in [-0.15, -0.1) is 35.3 Å². The summed E-state index contributed by atoms with van der Waals surface area (Å²) in [4.78, 5) is 21.6. The SMILES string of the molecule is CCc1cnc(CNC(=NC)NCC(=O)NCCc2ccccc2)s1.I. The van der Waals surface area contributed by atoms with Gasteiger partial charge in [0.1, 0.15) is 5.01 Å². The Balaban J connectivity index is 0.00000338. The van der Waals surface area contributed by atoms with Crippen LogP contribution in [0.5, 0.6) is 0 Å². The van der Waals surface area contributed by atoms with Crippen LogP contribution in [0.15, 0.2) is 41.5 Å². The summed E-state index contributed by atoms with van der Waals surface area (Å²) >= 11 is 1.68. The quantitative estimate of drug-likeness (QED) is 0.304. The van der Waals surface area contributed by atoms with Crippen LogP contribution in [0, 0.1) is 0 Å². The lowest BCUT2D eigenvalue weighted by Crippen LogP contribution is -2.43. The Hall–Kier alpha value is -1.68. The molecule has 1 amide bonds. The maximum Gasteiger partial charge on any atom is 0.239 e. The monoisotopic (exact) mass is 487 g/mol. The van der Waals surface area contributed by atoms with E-state index in [0.29, 0.717) is 19.0 Å². The molecule has 1 heterocycles. The maximum atomic E-state index is 11.9. The van der Waals surface area contributed by atoms with Gasteiger partial charge in [-0.05, 0) is 18.4 Å². The largest absolute Gasteiger partial charge is 0.354 e. The standard InChI is InChI=1S/C18H25N5OS.HI/c1-3-15-11-21-17(25-15)13-23-18(19-2)22-12-16(24)20-10-9-14-7-5-4-6-8-14;/h4-8,11H,3,9-10,12-13H2,1-2H3,(H,20,24)(H2,19,22,23);1H. The van der Waals surface area contributed by atoms with Crippen LogP contribution >= 0.6 is 35.3 Å². The van der Waals surface area contributed by atoms with Crippen LogP contribution in [0.3, 0.4) is 0 Å². The van der Waals surface area contributed by atoms with Crippen LogP contribution in [0.25, 0.3) is 0 Å². The van der Waals surface area contributed by atoms with Crippen molar-refractivity contribution in [1.82, 2.24) is 20.9 Å². The van der Waals surface area contributed by atoms with E-state index in [0.717, 1.165) is 17.8 Å². The van der Waals surface area contributed by atoms with E-state index in [1.807, 2.05) is 24.4 Å². The van der Waals surface area contributed by atoms with Gasteiger partial charge in [-0.1, -0.05) is 37.3 Å². The molecule has 0 unspecified atom stereocenters. The van der Waals surface area contributed by atoms with Gasteiger partial charge in [0.05, 0.1) is 13.1 Å². The molecule has 0 atom stereocenters. The van der Waals surface area contributed by atoms with Gasteiger partial charge >= 0.3 is 0 Å². The number of halogens is 1. The summed E-state index contributed by atoms with van der Waals surface area (Å²) in [6, 6.07) is 10.1. The number of thiazole rings is 1. The van der Waals surface area contributed by atoms with Crippen molar-refractivity contribution in [3.63, 3.8) is 0 Å². The molecule has 0 fully saturated rings. The van der Waals surface area contributed by atoms with E-state index in [1.54, 1.807) is 18.4 Å². The summed E-state index contributed by atoms with van der Waals surface area (Å²) in [5.41, 5.74) is 1.21. The fraction of sp³-hybridized carbons (Fsp3) is 0.389. The Morgan fingerprint density at radius 2 is 1.96 bits per heavy atom. The number of nitrogens with one attached hydrogen (secondary N) is 3. The second kappa shape index (κ2) is 12.6. The molecule has 1 aromatic heterocycles. The molecule has 0 aliphatic rings. The second-order valence-corrected chi connectivity index (χ2v) is 6.64. The smallest absolute Gasteiger partial charge is 0.239 e. The lowest BCUT2D eigenvalue weighted by molar-refractivity contribution is -0.119. The molecule has 0 aliphatic carbocycles. The zero-order valence-electron chi connectivity index (χ0n) is 15.1. The highest BCUT2D eigenvalue weighted by atomic mass is 127. The van der Waals surface area contributed by atoms with Gasteiger partial charge in [0.15, 0.2) is 5.96 Å². The van der Waals surface area contributed by atoms with E-state index in [4.69, 9.17) is 0 Å². The molecule has 1 aromatic carbocycles. The number of hydrogen-bond acceptors (Lipinski definition) is 4. The number of benzene rings is 1. The van der Waals surface area contributed by atoms with Crippen molar-refractivity contribution in [2.75, 3.05) is 20.1 Å². The summed E-state index contributed by atoms with van der Waals surface area (Å²) < 4.78 is 0. The zero-order valence-corrected chi connectivity index (χ0v) is 18.3. The molecule has 8 heteroatoms. The number of rotatable bonds is 8. The van der Waals surface area contributed by atoms with Crippen molar-refractivity contribution in [2.24, 2.45) is 4.99 Å². The molecule has 0 bridgehead atoms. The fourth-order valence-electron chi connectivity index (χ4n) is 2.19. The molecule has 0 radical (unpaired) electrons. The Kier molecular flexibility index (Phi) is 10.9. The van der Waals surface area contributed by atoms with Gasteiger partial charge in [-0.2, -0.15) is 0 Å². The number of carbonyl (C=O) groups excluding carboxylic acids is 1. The molecular formula is C18H26IN5OS. The van der Waals surface area contributed by atoms with E-state index in [9.17, 15) is 4.79 Å². The normalized spacial score (nSPS) is 10.8. The van der Waals surface area contributed by atoms with Gasteiger partial charge in [-0.25, -0.2) is 4.98 Å². The van der Waals surface area contributed by atoms with Crippen molar-refractivity contribution >= 4 is 47.2 Å². The average Bonchev–Trinajstić information content (AvgIpc) is 3.11. The zero-order chi connectivity index (χ0) is 17.9. The van der Waals surface area contributed by atoms with E-state index >= 15 is 0 Å². The third kappa shape index (κ3) is 8.13. The lowest BCUT2D eigenvalue weighted by Gasteiger charge is -2.11. The van der Waals surface area contributed by atoms with Gasteiger partial charge in [0, 0.05) is 24.7 Å². The van der Waals surface area contributed by atoms with Crippen molar-refractivity contribution in [3.8, 4) is 0 Å². The van der Waals surface area contributed by atoms with Gasteiger partial charge < -0.3 is 16.0 Å². The third-order valence-corrected chi connectivity index (χ3v) is 4.72. The number of aryl methyl sites for hydroxylation is 1. The molecule has 0 saturated carbocycles. The van der Waals surface area contributed by atoms with Crippen LogP contribution < -0.4 is 16.0 Å². The first-order valence-electron chi connectivity index (χ1n) is 8.40.